The number of hydrogen-bond donors (Lipinski definition) is 2. The molecule has 5 nitrogen and oxygen atoms in total. The molecule has 0 aromatic rings. The Kier molecular flexibility index (Phi) is 4.42. The summed E-state index contributed by atoms with van der Waals surface area (Å²) < 4.78 is -0.708. The summed E-state index contributed by atoms with van der Waals surface area (Å²) >= 11 is 3.83. The van der Waals surface area contributed by atoms with Crippen LogP contribution in [-0.4, -0.2) is 38.0 Å². The summed E-state index contributed by atoms with van der Waals surface area (Å²) in [4.78, 5) is 23.7. The monoisotopic (exact) mass is 441 g/mol. The predicted octanol–water partition coefficient (Wildman–Crippen LogP) is 1.96. The first-order chi connectivity index (χ1) is 12.5. The minimum absolute atomic E-state index is 0.218. The Morgan fingerprint density at radius 2 is 1.93 bits per heavy atom. The van der Waals surface area contributed by atoms with E-state index in [1.165, 1.54) is 0 Å². The van der Waals surface area contributed by atoms with Gasteiger partial charge in [0.25, 0.3) is 0 Å². The average Bonchev–Trinajstić information content (AvgIpc) is 2.86. The van der Waals surface area contributed by atoms with Gasteiger partial charge in [-0.15, -0.1) is 0 Å². The van der Waals surface area contributed by atoms with Gasteiger partial charge in [0, 0.05) is 24.2 Å². The molecule has 0 amide bonds. The molecule has 4 aliphatic carbocycles. The Hall–Kier alpha value is -0.460. The first-order valence-corrected chi connectivity index (χ1v) is 11.1. The number of hydrogen-bond acceptors (Lipinski definition) is 5. The molecule has 4 rings (SSSR count). The fourth-order valence-corrected chi connectivity index (χ4v) is 8.70. The molecule has 0 heterocycles. The summed E-state index contributed by atoms with van der Waals surface area (Å²) in [6.07, 6.45) is 4.26. The maximum absolute atomic E-state index is 12.5. The summed E-state index contributed by atoms with van der Waals surface area (Å²) in [5, 5.41) is 33.2. The first kappa shape index (κ1) is 19.8. The number of Topliss-reactive ketones (excluding diaryl/α,β-unsaturated/α-hetero) is 1. The third-order valence-electron chi connectivity index (χ3n) is 9.11. The minimum Gasteiger partial charge on any atom is -0.550 e. The van der Waals surface area contributed by atoms with E-state index in [2.05, 4.69) is 29.8 Å². The van der Waals surface area contributed by atoms with Crippen LogP contribution in [0.25, 0.3) is 0 Å². The highest BCUT2D eigenvalue weighted by Crippen LogP contribution is 2.69. The summed E-state index contributed by atoms with van der Waals surface area (Å²) in [5.74, 6) is 0.146. The van der Waals surface area contributed by atoms with Crippen molar-refractivity contribution >= 4 is 27.7 Å². The molecule has 152 valence electrons. The van der Waals surface area contributed by atoms with Crippen LogP contribution in [0.2, 0.25) is 0 Å². The van der Waals surface area contributed by atoms with Crippen LogP contribution in [0.1, 0.15) is 71.6 Å². The molecule has 8 atom stereocenters. The van der Waals surface area contributed by atoms with Crippen LogP contribution in [0.4, 0.5) is 0 Å². The molecule has 6 heteroatoms. The molecule has 0 radical (unpaired) electrons. The van der Waals surface area contributed by atoms with E-state index in [0.717, 1.165) is 19.3 Å². The second-order valence-electron chi connectivity index (χ2n) is 10.3. The lowest BCUT2D eigenvalue weighted by atomic mass is 9.43. The second-order valence-corrected chi connectivity index (χ2v) is 11.7. The van der Waals surface area contributed by atoms with Crippen molar-refractivity contribution in [1.29, 1.82) is 0 Å². The zero-order valence-electron chi connectivity index (χ0n) is 16.2. The van der Waals surface area contributed by atoms with Crippen molar-refractivity contribution in [2.45, 2.75) is 87.7 Å². The zero-order chi connectivity index (χ0) is 19.8. The smallest absolute Gasteiger partial charge is 0.139 e. The lowest BCUT2D eigenvalue weighted by molar-refractivity contribution is -0.310. The number of carbonyl (C=O) groups excluding carboxylic acids is 2. The van der Waals surface area contributed by atoms with E-state index in [1.54, 1.807) is 0 Å². The van der Waals surface area contributed by atoms with Crippen LogP contribution in [0, 0.1) is 28.6 Å². The maximum Gasteiger partial charge on any atom is 0.139 e. The van der Waals surface area contributed by atoms with Crippen molar-refractivity contribution in [3.05, 3.63) is 0 Å². The van der Waals surface area contributed by atoms with Gasteiger partial charge >= 0.3 is 0 Å². The summed E-state index contributed by atoms with van der Waals surface area (Å²) in [6.45, 7) is 4.31. The zero-order valence-corrected chi connectivity index (χ0v) is 17.8. The van der Waals surface area contributed by atoms with Gasteiger partial charge in [0.15, 0.2) is 0 Å². The van der Waals surface area contributed by atoms with Crippen LogP contribution >= 0.6 is 15.9 Å². The molecule has 0 saturated heterocycles. The molecule has 0 bridgehead atoms. The molecule has 3 unspecified atom stereocenters. The van der Waals surface area contributed by atoms with E-state index < -0.39 is 28.4 Å². The highest BCUT2D eigenvalue weighted by Gasteiger charge is 2.68. The van der Waals surface area contributed by atoms with Crippen molar-refractivity contribution in [3.8, 4) is 0 Å². The molecule has 4 aliphatic rings. The molecule has 0 aromatic carbocycles. The Labute approximate surface area is 169 Å². The first-order valence-electron chi connectivity index (χ1n) is 10.3. The van der Waals surface area contributed by atoms with Crippen LogP contribution in [0.5, 0.6) is 0 Å². The molecule has 27 heavy (non-hydrogen) atoms. The van der Waals surface area contributed by atoms with Gasteiger partial charge in [0.2, 0.25) is 0 Å². The van der Waals surface area contributed by atoms with E-state index >= 15 is 0 Å². The number of aliphatic hydroxyl groups is 2. The highest BCUT2D eigenvalue weighted by molar-refractivity contribution is 9.10. The number of halogens is 1. The quantitative estimate of drug-likeness (QED) is 0.638. The largest absolute Gasteiger partial charge is 0.550 e. The Morgan fingerprint density at radius 1 is 1.22 bits per heavy atom. The number of aliphatic hydroxyl groups excluding tert-OH is 1. The fraction of sp³-hybridized carbons (Fsp3) is 0.905. The number of carboxylic acids is 1. The molecule has 0 spiro atoms. The van der Waals surface area contributed by atoms with Crippen molar-refractivity contribution in [2.24, 2.45) is 28.6 Å². The molecule has 0 aliphatic heterocycles. The van der Waals surface area contributed by atoms with E-state index in [0.29, 0.717) is 49.2 Å². The van der Waals surface area contributed by atoms with Gasteiger partial charge in [0.1, 0.15) is 5.78 Å². The molecular formula is C21H30BrO5-. The molecule has 4 fully saturated rings. The van der Waals surface area contributed by atoms with Gasteiger partial charge in [-0.05, 0) is 68.1 Å². The lowest BCUT2D eigenvalue weighted by Crippen LogP contribution is -2.67. The number of ketones is 1. The van der Waals surface area contributed by atoms with Gasteiger partial charge in [-0.3, -0.25) is 4.79 Å². The van der Waals surface area contributed by atoms with Gasteiger partial charge in [-0.1, -0.05) is 29.8 Å². The highest BCUT2D eigenvalue weighted by atomic mass is 79.9. The van der Waals surface area contributed by atoms with E-state index in [9.17, 15) is 24.9 Å². The Bertz CT molecular complexity index is 681. The van der Waals surface area contributed by atoms with Crippen LogP contribution in [0.3, 0.4) is 0 Å². The van der Waals surface area contributed by atoms with Crippen molar-refractivity contribution < 1.29 is 24.9 Å². The van der Waals surface area contributed by atoms with Gasteiger partial charge < -0.3 is 20.1 Å². The van der Waals surface area contributed by atoms with E-state index in [1.807, 2.05) is 0 Å². The summed E-state index contributed by atoms with van der Waals surface area (Å²) in [7, 11) is 0. The van der Waals surface area contributed by atoms with Crippen LogP contribution in [0.15, 0.2) is 0 Å². The second kappa shape index (κ2) is 6.02. The SMILES string of the molecule is C[C@]12CC[C@H]3[C@@H](CC(O)C4(Br)CC(O)(CC(=O)[O-])CC[C@]34C)[C@@H]1CCC2=O. The normalized spacial score (nSPS) is 54.8. The van der Waals surface area contributed by atoms with Gasteiger partial charge in [0.05, 0.1) is 16.0 Å². The van der Waals surface area contributed by atoms with Gasteiger partial charge in [-0.2, -0.15) is 0 Å². The van der Waals surface area contributed by atoms with Crippen LogP contribution in [-0.2, 0) is 9.59 Å². The van der Waals surface area contributed by atoms with Gasteiger partial charge in [-0.25, -0.2) is 0 Å². The standard InChI is InChI=1S/C21H31BrO5/c1-18-6-5-14-12(13(18)3-4-15(18)23)9-16(24)21(22)11-20(27,10-17(25)26)8-7-19(14,21)2/h12-14,16,24,27H,3-11H2,1-2H3,(H,25,26)/p-1/t12-,13-,14-,16?,18-,19+,20?,21?/m0/s1. The number of carboxylic acid groups (broad SMARTS) is 1. The molecule has 0 aromatic heterocycles. The molecular weight excluding hydrogens is 412 g/mol. The Balaban J connectivity index is 1.68. The number of rotatable bonds is 2. The number of aliphatic carboxylic acids is 1. The molecule has 4 saturated carbocycles. The van der Waals surface area contributed by atoms with Crippen molar-refractivity contribution in [1.82, 2.24) is 0 Å². The average molecular weight is 442 g/mol. The lowest BCUT2D eigenvalue weighted by Gasteiger charge is -2.66. The third kappa shape index (κ3) is 2.62. The Morgan fingerprint density at radius 3 is 2.59 bits per heavy atom. The summed E-state index contributed by atoms with van der Waals surface area (Å²) in [6, 6.07) is 0. The minimum atomic E-state index is -1.35. The third-order valence-corrected chi connectivity index (χ3v) is 10.8. The van der Waals surface area contributed by atoms with Crippen LogP contribution < -0.4 is 5.11 Å². The number of carbonyl (C=O) groups is 2. The predicted molar refractivity (Wildman–Crippen MR) is 101 cm³/mol. The van der Waals surface area contributed by atoms with E-state index in [4.69, 9.17) is 0 Å². The van der Waals surface area contributed by atoms with Crippen molar-refractivity contribution in [2.75, 3.05) is 0 Å². The fourth-order valence-electron chi connectivity index (χ4n) is 7.50. The summed E-state index contributed by atoms with van der Waals surface area (Å²) in [5.41, 5.74) is -1.82. The number of alkyl halides is 1. The molecule has 2 N–H and O–H groups in total. The van der Waals surface area contributed by atoms with E-state index in [-0.39, 0.29) is 17.3 Å². The topological polar surface area (TPSA) is 97.7 Å². The van der Waals surface area contributed by atoms with Crippen molar-refractivity contribution in [3.63, 3.8) is 0 Å². The maximum atomic E-state index is 12.5. The number of fused-ring (bicyclic) bond motifs is 5.